The number of carbonyl (C=O) groups is 2. The van der Waals surface area contributed by atoms with Crippen molar-refractivity contribution in [1.29, 1.82) is 0 Å². The van der Waals surface area contributed by atoms with E-state index in [1.165, 1.54) is 4.90 Å². The van der Waals surface area contributed by atoms with Gasteiger partial charge >= 0.3 is 0 Å². The number of halogens is 2. The summed E-state index contributed by atoms with van der Waals surface area (Å²) in [5.41, 5.74) is 1.91. The molecule has 0 saturated heterocycles. The number of benzene rings is 3. The van der Waals surface area contributed by atoms with Crippen molar-refractivity contribution in [2.45, 2.75) is 64.1 Å². The van der Waals surface area contributed by atoms with Gasteiger partial charge in [-0.3, -0.25) is 13.9 Å². The van der Waals surface area contributed by atoms with Gasteiger partial charge in [-0.05, 0) is 80.8 Å². The molecule has 0 unspecified atom stereocenters. The maximum atomic E-state index is 14.0. The van der Waals surface area contributed by atoms with E-state index in [4.69, 9.17) is 11.6 Å². The molecule has 0 bridgehead atoms. The molecular weight excluding hydrogens is 553 g/mol. The molecule has 40 heavy (non-hydrogen) atoms. The van der Waals surface area contributed by atoms with Crippen molar-refractivity contribution >= 4 is 39.1 Å². The Kier molecular flexibility index (Phi) is 10.7. The van der Waals surface area contributed by atoms with Crippen LogP contribution in [0.2, 0.25) is 5.02 Å². The van der Waals surface area contributed by atoms with E-state index in [-0.39, 0.29) is 29.1 Å². The van der Waals surface area contributed by atoms with Crippen molar-refractivity contribution in [3.05, 3.63) is 94.8 Å². The van der Waals surface area contributed by atoms with Crippen LogP contribution in [-0.4, -0.2) is 43.8 Å². The maximum Gasteiger partial charge on any atom is 0.264 e. The molecule has 7 nitrogen and oxygen atoms in total. The molecule has 0 aliphatic carbocycles. The molecule has 0 aliphatic rings. The third-order valence-electron chi connectivity index (χ3n) is 6.66. The smallest absolute Gasteiger partial charge is 0.264 e. The van der Waals surface area contributed by atoms with Crippen LogP contribution in [-0.2, 0) is 26.2 Å². The van der Waals surface area contributed by atoms with Crippen LogP contribution in [0.3, 0.4) is 0 Å². The molecule has 0 aliphatic heterocycles. The van der Waals surface area contributed by atoms with E-state index in [2.05, 4.69) is 5.32 Å². The highest BCUT2D eigenvalue weighted by molar-refractivity contribution is 7.92. The molecule has 1 N–H and O–H groups in total. The Morgan fingerprint density at radius 1 is 0.925 bits per heavy atom. The second-order valence-electron chi connectivity index (χ2n) is 9.69. The Balaban J connectivity index is 2.04. The Morgan fingerprint density at radius 2 is 1.52 bits per heavy atom. The first-order valence-electron chi connectivity index (χ1n) is 13.2. The molecule has 3 aromatic carbocycles. The fourth-order valence-electron chi connectivity index (χ4n) is 4.12. The second-order valence-corrected chi connectivity index (χ2v) is 12.0. The zero-order chi connectivity index (χ0) is 29.4. The predicted octanol–water partition coefficient (Wildman–Crippen LogP) is 5.70. The monoisotopic (exact) mass is 587 g/mol. The summed E-state index contributed by atoms with van der Waals surface area (Å²) >= 11 is 6.05. The summed E-state index contributed by atoms with van der Waals surface area (Å²) in [6, 6.07) is 17.1. The minimum absolute atomic E-state index is 0.0702. The van der Waals surface area contributed by atoms with Gasteiger partial charge in [0.15, 0.2) is 0 Å². The first kappa shape index (κ1) is 31.1. The molecule has 0 aromatic heterocycles. The topological polar surface area (TPSA) is 86.8 Å². The van der Waals surface area contributed by atoms with E-state index in [0.717, 1.165) is 39.7 Å². The molecule has 0 radical (unpaired) electrons. The lowest BCUT2D eigenvalue weighted by Gasteiger charge is -2.33. The highest BCUT2D eigenvalue weighted by atomic mass is 35.5. The van der Waals surface area contributed by atoms with E-state index in [1.807, 2.05) is 20.8 Å². The maximum absolute atomic E-state index is 14.0. The minimum atomic E-state index is -4.27. The second kappa shape index (κ2) is 13.8. The molecule has 0 heterocycles. The molecule has 0 fully saturated rings. The van der Waals surface area contributed by atoms with Gasteiger partial charge in [0.1, 0.15) is 18.4 Å². The summed E-state index contributed by atoms with van der Waals surface area (Å²) in [4.78, 5) is 28.5. The summed E-state index contributed by atoms with van der Waals surface area (Å²) in [7, 11) is -4.27. The van der Waals surface area contributed by atoms with Crippen LogP contribution < -0.4 is 9.62 Å². The zero-order valence-corrected chi connectivity index (χ0v) is 24.7. The van der Waals surface area contributed by atoms with E-state index in [1.54, 1.807) is 55.5 Å². The number of hydrogen-bond donors (Lipinski definition) is 1. The number of sulfonamides is 1. The number of nitrogens with one attached hydrogen (secondary N) is 1. The first-order valence-corrected chi connectivity index (χ1v) is 15.0. The summed E-state index contributed by atoms with van der Waals surface area (Å²) < 4.78 is 42.2. The number of anilines is 1. The van der Waals surface area contributed by atoms with E-state index in [9.17, 15) is 22.4 Å². The van der Waals surface area contributed by atoms with E-state index in [0.29, 0.717) is 17.9 Å². The van der Waals surface area contributed by atoms with Gasteiger partial charge in [0, 0.05) is 17.6 Å². The number of amides is 2. The summed E-state index contributed by atoms with van der Waals surface area (Å²) in [5, 5.41) is 3.47. The minimum Gasteiger partial charge on any atom is -0.352 e. The molecule has 214 valence electrons. The van der Waals surface area contributed by atoms with Crippen molar-refractivity contribution in [2.24, 2.45) is 0 Å². The lowest BCUT2D eigenvalue weighted by molar-refractivity contribution is -0.140. The fraction of sp³-hybridized carbons (Fsp3) is 0.333. The van der Waals surface area contributed by atoms with Gasteiger partial charge in [0.2, 0.25) is 11.8 Å². The Labute approximate surface area is 241 Å². The van der Waals surface area contributed by atoms with Gasteiger partial charge < -0.3 is 10.2 Å². The number of hydrogen-bond acceptors (Lipinski definition) is 4. The van der Waals surface area contributed by atoms with Crippen molar-refractivity contribution in [3.63, 3.8) is 0 Å². The normalized spacial score (nSPS) is 12.8. The number of aryl methyl sites for hydroxylation is 1. The molecule has 0 spiro atoms. The highest BCUT2D eigenvalue weighted by Crippen LogP contribution is 2.25. The number of nitrogens with zero attached hydrogens (tertiary/aromatic N) is 2. The lowest BCUT2D eigenvalue weighted by Crippen LogP contribution is -2.53. The van der Waals surface area contributed by atoms with E-state index >= 15 is 0 Å². The van der Waals surface area contributed by atoms with Crippen LogP contribution in [0, 0.1) is 12.7 Å². The Hall–Kier alpha value is -3.43. The third kappa shape index (κ3) is 7.82. The van der Waals surface area contributed by atoms with Gasteiger partial charge in [0.05, 0.1) is 10.6 Å². The van der Waals surface area contributed by atoms with Crippen LogP contribution in [0.15, 0.2) is 77.7 Å². The summed E-state index contributed by atoms with van der Waals surface area (Å²) in [6.45, 7) is 7.00. The van der Waals surface area contributed by atoms with Crippen molar-refractivity contribution in [2.75, 3.05) is 10.8 Å². The Morgan fingerprint density at radius 3 is 2.08 bits per heavy atom. The third-order valence-corrected chi connectivity index (χ3v) is 8.70. The average molecular weight is 588 g/mol. The first-order chi connectivity index (χ1) is 19.0. The van der Waals surface area contributed by atoms with Gasteiger partial charge in [0.25, 0.3) is 10.0 Å². The van der Waals surface area contributed by atoms with Crippen molar-refractivity contribution < 1.29 is 22.4 Å². The zero-order valence-electron chi connectivity index (χ0n) is 23.1. The van der Waals surface area contributed by atoms with Crippen molar-refractivity contribution in [3.8, 4) is 0 Å². The molecule has 3 aromatic rings. The van der Waals surface area contributed by atoms with Crippen LogP contribution in [0.25, 0.3) is 0 Å². The molecule has 3 rings (SSSR count). The van der Waals surface area contributed by atoms with Crippen LogP contribution in [0.4, 0.5) is 10.1 Å². The van der Waals surface area contributed by atoms with Gasteiger partial charge in [-0.2, -0.15) is 0 Å². The Bertz CT molecular complexity index is 1400. The summed E-state index contributed by atoms with van der Waals surface area (Å²) in [5.74, 6) is -1.46. The van der Waals surface area contributed by atoms with Gasteiger partial charge in [-0.1, -0.05) is 55.3 Å². The van der Waals surface area contributed by atoms with Crippen LogP contribution >= 0.6 is 11.6 Å². The molecule has 0 saturated carbocycles. The number of carbonyl (C=O) groups excluding carboxylic acids is 2. The molecule has 2 amide bonds. The standard InChI is InChI=1S/C30H35ClFN3O4S/c1-5-22(4)33-30(37)28(6-2)34(19-23-9-11-24(31)12-10-23)29(36)20-35(26-15-7-21(3)8-16-26)40(38,39)27-17-13-25(32)14-18-27/h7-18,22,28H,5-6,19-20H2,1-4H3,(H,33,37)/t22-,28-/m0/s1. The fourth-order valence-corrected chi connectivity index (χ4v) is 5.66. The highest BCUT2D eigenvalue weighted by Gasteiger charge is 2.34. The van der Waals surface area contributed by atoms with Gasteiger partial charge in [-0.15, -0.1) is 0 Å². The van der Waals surface area contributed by atoms with Crippen LogP contribution in [0.1, 0.15) is 44.7 Å². The quantitative estimate of drug-likeness (QED) is 0.294. The van der Waals surface area contributed by atoms with Crippen LogP contribution in [0.5, 0.6) is 0 Å². The molecule has 2 atom stereocenters. The largest absolute Gasteiger partial charge is 0.352 e. The van der Waals surface area contributed by atoms with Crippen molar-refractivity contribution in [1.82, 2.24) is 10.2 Å². The van der Waals surface area contributed by atoms with E-state index < -0.39 is 34.3 Å². The average Bonchev–Trinajstić information content (AvgIpc) is 2.93. The predicted molar refractivity (Wildman–Crippen MR) is 156 cm³/mol. The van der Waals surface area contributed by atoms with Gasteiger partial charge in [-0.25, -0.2) is 12.8 Å². The molecular formula is C30H35ClFN3O4S. The SMILES string of the molecule is CC[C@H](C)NC(=O)[C@H](CC)N(Cc1ccc(Cl)cc1)C(=O)CN(c1ccc(C)cc1)S(=O)(=O)c1ccc(F)cc1. The molecule has 10 heteroatoms. The summed E-state index contributed by atoms with van der Waals surface area (Å²) in [6.07, 6.45) is 1.03. The number of rotatable bonds is 12. The lowest BCUT2D eigenvalue weighted by atomic mass is 10.1.